The number of anilines is 3. The Morgan fingerprint density at radius 1 is 0.861 bits per heavy atom. The standard InChI is InChI=1S/C31H37N3O2/c1-3-4-10-23-34(29-16-9-8-15-28(29)33-21-11-5-12-22-33)31(36)25-17-19-26(20-18-25)32-30(35)27-14-7-6-13-24(27)2/h6-9,13-20H,3-5,10-12,21-23H2,1-2H3,(H,32,35). The third-order valence-electron chi connectivity index (χ3n) is 6.88. The molecule has 3 aromatic carbocycles. The normalized spacial score (nSPS) is 13.3. The summed E-state index contributed by atoms with van der Waals surface area (Å²) in [6.45, 7) is 6.85. The number of para-hydroxylation sites is 2. The van der Waals surface area contributed by atoms with Gasteiger partial charge in [-0.2, -0.15) is 0 Å². The molecule has 0 unspecified atom stereocenters. The van der Waals surface area contributed by atoms with Gasteiger partial charge in [0.25, 0.3) is 11.8 Å². The summed E-state index contributed by atoms with van der Waals surface area (Å²) in [6.07, 6.45) is 6.79. The predicted octanol–water partition coefficient (Wildman–Crippen LogP) is 7.07. The Kier molecular flexibility index (Phi) is 8.77. The third-order valence-corrected chi connectivity index (χ3v) is 6.88. The molecule has 0 saturated carbocycles. The molecule has 0 spiro atoms. The van der Waals surface area contributed by atoms with E-state index < -0.39 is 0 Å². The minimum absolute atomic E-state index is 0.00709. The number of carbonyl (C=O) groups excluding carboxylic acids is 2. The zero-order valence-corrected chi connectivity index (χ0v) is 21.5. The van der Waals surface area contributed by atoms with Crippen LogP contribution in [0.4, 0.5) is 17.1 Å². The molecule has 1 fully saturated rings. The maximum absolute atomic E-state index is 13.8. The Morgan fingerprint density at radius 2 is 1.56 bits per heavy atom. The SMILES string of the molecule is CCCCCN(C(=O)c1ccc(NC(=O)c2ccccc2C)cc1)c1ccccc1N1CCCCC1. The number of aryl methyl sites for hydroxylation is 1. The Bertz CT molecular complexity index is 1170. The van der Waals surface area contributed by atoms with Gasteiger partial charge < -0.3 is 15.1 Å². The topological polar surface area (TPSA) is 52.7 Å². The Labute approximate surface area is 215 Å². The number of benzene rings is 3. The van der Waals surface area contributed by atoms with Crippen molar-refractivity contribution < 1.29 is 9.59 Å². The van der Waals surface area contributed by atoms with Crippen molar-refractivity contribution >= 4 is 28.9 Å². The molecule has 1 saturated heterocycles. The third kappa shape index (κ3) is 6.14. The van der Waals surface area contributed by atoms with Crippen LogP contribution in [0.15, 0.2) is 72.8 Å². The van der Waals surface area contributed by atoms with E-state index in [-0.39, 0.29) is 11.8 Å². The number of unbranched alkanes of at least 4 members (excludes halogenated alkanes) is 2. The molecule has 1 N–H and O–H groups in total. The van der Waals surface area contributed by atoms with E-state index in [0.29, 0.717) is 23.4 Å². The lowest BCUT2D eigenvalue weighted by molar-refractivity contribution is 0.0985. The highest BCUT2D eigenvalue weighted by Gasteiger charge is 2.23. The van der Waals surface area contributed by atoms with Gasteiger partial charge in [-0.3, -0.25) is 9.59 Å². The monoisotopic (exact) mass is 483 g/mol. The average molecular weight is 484 g/mol. The lowest BCUT2D eigenvalue weighted by Crippen LogP contribution is -2.36. The van der Waals surface area contributed by atoms with Crippen molar-refractivity contribution in [3.8, 4) is 0 Å². The first kappa shape index (κ1) is 25.5. The molecule has 0 aromatic heterocycles. The Balaban J connectivity index is 1.55. The summed E-state index contributed by atoms with van der Waals surface area (Å²) in [5, 5.41) is 2.95. The summed E-state index contributed by atoms with van der Waals surface area (Å²) in [4.78, 5) is 30.8. The molecule has 1 heterocycles. The second-order valence-corrected chi connectivity index (χ2v) is 9.55. The fraction of sp³-hybridized carbons (Fsp3) is 0.355. The molecule has 36 heavy (non-hydrogen) atoms. The van der Waals surface area contributed by atoms with Crippen LogP contribution in [0.3, 0.4) is 0 Å². The average Bonchev–Trinajstić information content (AvgIpc) is 2.92. The van der Waals surface area contributed by atoms with Crippen LogP contribution >= 0.6 is 0 Å². The summed E-state index contributed by atoms with van der Waals surface area (Å²) in [5.41, 5.74) is 4.99. The molecule has 4 rings (SSSR count). The first-order valence-corrected chi connectivity index (χ1v) is 13.2. The van der Waals surface area contributed by atoms with Gasteiger partial charge in [0.1, 0.15) is 0 Å². The van der Waals surface area contributed by atoms with E-state index >= 15 is 0 Å². The van der Waals surface area contributed by atoms with Crippen LogP contribution in [0.2, 0.25) is 0 Å². The van der Waals surface area contributed by atoms with Crippen molar-refractivity contribution in [3.05, 3.63) is 89.5 Å². The summed E-state index contributed by atoms with van der Waals surface area (Å²) in [6, 6.07) is 23.1. The van der Waals surface area contributed by atoms with E-state index in [2.05, 4.69) is 35.3 Å². The van der Waals surface area contributed by atoms with Crippen molar-refractivity contribution in [2.24, 2.45) is 0 Å². The van der Waals surface area contributed by atoms with Gasteiger partial charge >= 0.3 is 0 Å². The maximum Gasteiger partial charge on any atom is 0.258 e. The zero-order chi connectivity index (χ0) is 25.3. The number of piperidine rings is 1. The van der Waals surface area contributed by atoms with Crippen LogP contribution in [-0.4, -0.2) is 31.4 Å². The van der Waals surface area contributed by atoms with E-state index in [0.717, 1.165) is 49.3 Å². The lowest BCUT2D eigenvalue weighted by atomic mass is 10.1. The molecule has 3 aromatic rings. The molecule has 188 valence electrons. The Hall–Kier alpha value is -3.60. The summed E-state index contributed by atoms with van der Waals surface area (Å²) in [7, 11) is 0. The van der Waals surface area contributed by atoms with Crippen LogP contribution in [0.5, 0.6) is 0 Å². The van der Waals surface area contributed by atoms with Crippen molar-refractivity contribution in [2.75, 3.05) is 34.8 Å². The molecule has 0 atom stereocenters. The summed E-state index contributed by atoms with van der Waals surface area (Å²) < 4.78 is 0. The summed E-state index contributed by atoms with van der Waals surface area (Å²) >= 11 is 0. The van der Waals surface area contributed by atoms with Crippen LogP contribution in [0.25, 0.3) is 0 Å². The Morgan fingerprint density at radius 3 is 2.28 bits per heavy atom. The largest absolute Gasteiger partial charge is 0.370 e. The highest BCUT2D eigenvalue weighted by molar-refractivity contribution is 6.09. The van der Waals surface area contributed by atoms with E-state index in [9.17, 15) is 9.59 Å². The smallest absolute Gasteiger partial charge is 0.258 e. The highest BCUT2D eigenvalue weighted by atomic mass is 16.2. The second-order valence-electron chi connectivity index (χ2n) is 9.55. The van der Waals surface area contributed by atoms with Gasteiger partial charge in [0.15, 0.2) is 0 Å². The number of hydrogen-bond acceptors (Lipinski definition) is 3. The number of carbonyl (C=O) groups is 2. The fourth-order valence-electron chi connectivity index (χ4n) is 4.82. The fourth-order valence-corrected chi connectivity index (χ4v) is 4.82. The van der Waals surface area contributed by atoms with Crippen LogP contribution in [0, 0.1) is 6.92 Å². The van der Waals surface area contributed by atoms with Crippen molar-refractivity contribution in [2.45, 2.75) is 52.4 Å². The van der Waals surface area contributed by atoms with Crippen molar-refractivity contribution in [1.29, 1.82) is 0 Å². The van der Waals surface area contributed by atoms with Gasteiger partial charge in [0.2, 0.25) is 0 Å². The number of amides is 2. The summed E-state index contributed by atoms with van der Waals surface area (Å²) in [5.74, 6) is -0.156. The quantitative estimate of drug-likeness (QED) is 0.331. The minimum Gasteiger partial charge on any atom is -0.370 e. The molecule has 0 bridgehead atoms. The number of nitrogens with zero attached hydrogens (tertiary/aromatic N) is 2. The molecule has 2 amide bonds. The van der Waals surface area contributed by atoms with Gasteiger partial charge in [-0.15, -0.1) is 0 Å². The van der Waals surface area contributed by atoms with Crippen molar-refractivity contribution in [3.63, 3.8) is 0 Å². The van der Waals surface area contributed by atoms with Crippen molar-refractivity contribution in [1.82, 2.24) is 0 Å². The molecule has 5 nitrogen and oxygen atoms in total. The lowest BCUT2D eigenvalue weighted by Gasteiger charge is -2.34. The molecular weight excluding hydrogens is 446 g/mol. The molecule has 5 heteroatoms. The van der Waals surface area contributed by atoms with Gasteiger partial charge in [-0.05, 0) is 80.6 Å². The molecule has 0 radical (unpaired) electrons. The highest BCUT2D eigenvalue weighted by Crippen LogP contribution is 2.33. The number of nitrogens with one attached hydrogen (secondary N) is 1. The van der Waals surface area contributed by atoms with Gasteiger partial charge in [-0.1, -0.05) is 50.1 Å². The van der Waals surface area contributed by atoms with E-state index in [4.69, 9.17) is 0 Å². The van der Waals surface area contributed by atoms with Crippen LogP contribution in [0.1, 0.15) is 71.7 Å². The van der Waals surface area contributed by atoms with Gasteiger partial charge in [0, 0.05) is 36.4 Å². The predicted molar refractivity (Wildman–Crippen MR) is 149 cm³/mol. The van der Waals surface area contributed by atoms with Crippen LogP contribution < -0.4 is 15.1 Å². The van der Waals surface area contributed by atoms with E-state index in [1.165, 1.54) is 19.3 Å². The van der Waals surface area contributed by atoms with E-state index in [1.807, 2.05) is 66.4 Å². The zero-order valence-electron chi connectivity index (χ0n) is 21.5. The molecule has 1 aliphatic heterocycles. The minimum atomic E-state index is -0.149. The molecular formula is C31H37N3O2. The van der Waals surface area contributed by atoms with Gasteiger partial charge in [-0.25, -0.2) is 0 Å². The number of rotatable bonds is 9. The van der Waals surface area contributed by atoms with Crippen LogP contribution in [-0.2, 0) is 0 Å². The molecule has 0 aliphatic carbocycles. The first-order chi connectivity index (χ1) is 17.6. The number of hydrogen-bond donors (Lipinski definition) is 1. The molecule has 1 aliphatic rings. The van der Waals surface area contributed by atoms with E-state index in [1.54, 1.807) is 0 Å². The first-order valence-electron chi connectivity index (χ1n) is 13.2. The van der Waals surface area contributed by atoms with Gasteiger partial charge in [0.05, 0.1) is 11.4 Å². The maximum atomic E-state index is 13.8. The second kappa shape index (κ2) is 12.4.